The molecule has 3 heteroatoms. The van der Waals surface area contributed by atoms with Crippen LogP contribution in [0.3, 0.4) is 0 Å². The summed E-state index contributed by atoms with van der Waals surface area (Å²) in [4.78, 5) is 11.2. The van der Waals surface area contributed by atoms with E-state index in [1.807, 2.05) is 12.1 Å². The van der Waals surface area contributed by atoms with Crippen molar-refractivity contribution in [2.24, 2.45) is 5.92 Å². The molecule has 0 fully saturated rings. The molecule has 2 rings (SSSR count). The van der Waals surface area contributed by atoms with Crippen molar-refractivity contribution < 1.29 is 4.79 Å². The van der Waals surface area contributed by atoms with Crippen LogP contribution in [0.5, 0.6) is 0 Å². The first-order chi connectivity index (χ1) is 8.95. The standard InChI is InChI=1S/C12H12BrNO.C4H10/c1-2-12(15)14-11-7-6-10(13)8-4-3-5-9(8)11;1-4(2)3/h2,6-7H,1,3-5H2,(H,14,15);4H,1-3H3. The van der Waals surface area contributed by atoms with Gasteiger partial charge in [-0.1, -0.05) is 43.3 Å². The molecule has 0 bridgehead atoms. The lowest BCUT2D eigenvalue weighted by Gasteiger charge is -2.10. The highest BCUT2D eigenvalue weighted by molar-refractivity contribution is 9.10. The Labute approximate surface area is 124 Å². The maximum absolute atomic E-state index is 11.2. The van der Waals surface area contributed by atoms with Gasteiger partial charge < -0.3 is 5.32 Å². The minimum Gasteiger partial charge on any atom is -0.322 e. The fraction of sp³-hybridized carbons (Fsp3) is 0.438. The highest BCUT2D eigenvalue weighted by Gasteiger charge is 2.17. The molecule has 0 aromatic heterocycles. The maximum Gasteiger partial charge on any atom is 0.247 e. The van der Waals surface area contributed by atoms with Crippen LogP contribution in [0, 0.1) is 5.92 Å². The molecule has 104 valence electrons. The van der Waals surface area contributed by atoms with E-state index in [0.717, 1.165) is 35.3 Å². The fourth-order valence-electron chi connectivity index (χ4n) is 1.96. The Hall–Kier alpha value is -1.09. The van der Waals surface area contributed by atoms with E-state index in [-0.39, 0.29) is 5.91 Å². The first-order valence-electron chi connectivity index (χ1n) is 6.69. The van der Waals surface area contributed by atoms with Gasteiger partial charge in [-0.3, -0.25) is 4.79 Å². The lowest BCUT2D eigenvalue weighted by atomic mass is 10.1. The van der Waals surface area contributed by atoms with Crippen LogP contribution in [-0.4, -0.2) is 5.91 Å². The summed E-state index contributed by atoms with van der Waals surface area (Å²) in [7, 11) is 0. The molecule has 0 spiro atoms. The van der Waals surface area contributed by atoms with Crippen molar-refractivity contribution in [2.45, 2.75) is 40.0 Å². The molecule has 0 saturated carbocycles. The Morgan fingerprint density at radius 1 is 1.32 bits per heavy atom. The third kappa shape index (κ3) is 4.83. The van der Waals surface area contributed by atoms with Crippen LogP contribution < -0.4 is 5.32 Å². The van der Waals surface area contributed by atoms with Gasteiger partial charge in [0.25, 0.3) is 0 Å². The van der Waals surface area contributed by atoms with Gasteiger partial charge in [-0.25, -0.2) is 0 Å². The number of hydrogen-bond donors (Lipinski definition) is 1. The molecule has 1 aromatic carbocycles. The molecule has 0 saturated heterocycles. The summed E-state index contributed by atoms with van der Waals surface area (Å²) in [6.45, 7) is 9.95. The summed E-state index contributed by atoms with van der Waals surface area (Å²) in [5.41, 5.74) is 3.52. The maximum atomic E-state index is 11.2. The number of carbonyl (C=O) groups excluding carboxylic acids is 1. The van der Waals surface area contributed by atoms with Crippen molar-refractivity contribution in [1.29, 1.82) is 0 Å². The smallest absolute Gasteiger partial charge is 0.247 e. The van der Waals surface area contributed by atoms with Gasteiger partial charge in [0.2, 0.25) is 5.91 Å². The van der Waals surface area contributed by atoms with Crippen LogP contribution in [0.1, 0.15) is 38.3 Å². The zero-order valence-electron chi connectivity index (χ0n) is 11.9. The van der Waals surface area contributed by atoms with Crippen molar-refractivity contribution >= 4 is 27.5 Å². The van der Waals surface area contributed by atoms with E-state index < -0.39 is 0 Å². The predicted molar refractivity (Wildman–Crippen MR) is 85.5 cm³/mol. The quantitative estimate of drug-likeness (QED) is 0.783. The fourth-order valence-corrected chi connectivity index (χ4v) is 2.53. The topological polar surface area (TPSA) is 29.1 Å². The molecule has 1 aromatic rings. The monoisotopic (exact) mass is 323 g/mol. The number of halogens is 1. The average molecular weight is 324 g/mol. The van der Waals surface area contributed by atoms with Gasteiger partial charge in [0.1, 0.15) is 0 Å². The molecule has 0 atom stereocenters. The van der Waals surface area contributed by atoms with Gasteiger partial charge in [-0.2, -0.15) is 0 Å². The third-order valence-electron chi connectivity index (χ3n) is 2.67. The predicted octanol–water partition coefficient (Wildman–Crippen LogP) is 4.72. The zero-order chi connectivity index (χ0) is 14.4. The van der Waals surface area contributed by atoms with Crippen molar-refractivity contribution in [3.05, 3.63) is 40.4 Å². The van der Waals surface area contributed by atoms with Gasteiger partial charge >= 0.3 is 0 Å². The van der Waals surface area contributed by atoms with Crippen LogP contribution in [0.2, 0.25) is 0 Å². The van der Waals surface area contributed by atoms with Crippen molar-refractivity contribution in [1.82, 2.24) is 0 Å². The molecule has 2 nitrogen and oxygen atoms in total. The summed E-state index contributed by atoms with van der Waals surface area (Å²) < 4.78 is 1.15. The number of rotatable bonds is 2. The highest BCUT2D eigenvalue weighted by Crippen LogP contribution is 2.34. The number of benzene rings is 1. The molecular weight excluding hydrogens is 302 g/mol. The van der Waals surface area contributed by atoms with Gasteiger partial charge in [0, 0.05) is 10.2 Å². The van der Waals surface area contributed by atoms with Gasteiger partial charge in [-0.15, -0.1) is 0 Å². The average Bonchev–Trinajstić information content (AvgIpc) is 2.82. The van der Waals surface area contributed by atoms with Gasteiger partial charge in [0.05, 0.1) is 0 Å². The van der Waals surface area contributed by atoms with Crippen LogP contribution in [0.4, 0.5) is 5.69 Å². The van der Waals surface area contributed by atoms with Crippen LogP contribution in [0.15, 0.2) is 29.3 Å². The van der Waals surface area contributed by atoms with E-state index >= 15 is 0 Å². The summed E-state index contributed by atoms with van der Waals surface area (Å²) in [6, 6.07) is 3.93. The van der Waals surface area contributed by atoms with Crippen LogP contribution in [0.25, 0.3) is 0 Å². The molecule has 0 unspecified atom stereocenters. The Morgan fingerprint density at radius 2 is 1.89 bits per heavy atom. The lowest BCUT2D eigenvalue weighted by Crippen LogP contribution is -2.09. The van der Waals surface area contributed by atoms with E-state index in [1.54, 1.807) is 0 Å². The molecule has 0 radical (unpaired) electrons. The summed E-state index contributed by atoms with van der Waals surface area (Å²) in [5, 5.41) is 2.84. The number of nitrogens with one attached hydrogen (secondary N) is 1. The molecule has 1 amide bonds. The second-order valence-corrected chi connectivity index (χ2v) is 6.19. The van der Waals surface area contributed by atoms with Gasteiger partial charge in [0.15, 0.2) is 0 Å². The molecular formula is C16H22BrNO. The van der Waals surface area contributed by atoms with Crippen molar-refractivity contribution in [3.63, 3.8) is 0 Å². The summed E-state index contributed by atoms with van der Waals surface area (Å²) in [6.07, 6.45) is 4.59. The lowest BCUT2D eigenvalue weighted by molar-refractivity contribution is -0.111. The first-order valence-corrected chi connectivity index (χ1v) is 7.48. The van der Waals surface area contributed by atoms with Gasteiger partial charge in [-0.05, 0) is 54.5 Å². The second-order valence-electron chi connectivity index (χ2n) is 5.33. The largest absolute Gasteiger partial charge is 0.322 e. The number of amides is 1. The minimum atomic E-state index is -0.147. The number of carbonyl (C=O) groups is 1. The van der Waals surface area contributed by atoms with E-state index in [2.05, 4.69) is 48.6 Å². The number of fused-ring (bicyclic) bond motifs is 1. The van der Waals surface area contributed by atoms with Crippen LogP contribution in [-0.2, 0) is 17.6 Å². The summed E-state index contributed by atoms with van der Waals surface area (Å²) >= 11 is 3.53. The third-order valence-corrected chi connectivity index (χ3v) is 3.41. The van der Waals surface area contributed by atoms with E-state index in [0.29, 0.717) is 0 Å². The van der Waals surface area contributed by atoms with Crippen molar-refractivity contribution in [3.8, 4) is 0 Å². The first kappa shape index (κ1) is 16.0. The molecule has 1 N–H and O–H groups in total. The molecule has 0 aliphatic heterocycles. The summed E-state index contributed by atoms with van der Waals surface area (Å²) in [5.74, 6) is 0.687. The number of anilines is 1. The Balaban J connectivity index is 0.000000399. The zero-order valence-corrected chi connectivity index (χ0v) is 13.5. The Morgan fingerprint density at radius 3 is 2.47 bits per heavy atom. The van der Waals surface area contributed by atoms with Crippen molar-refractivity contribution in [2.75, 3.05) is 5.32 Å². The molecule has 19 heavy (non-hydrogen) atoms. The Kier molecular flexibility index (Phi) is 6.29. The molecule has 1 aliphatic rings. The van der Waals surface area contributed by atoms with E-state index in [4.69, 9.17) is 0 Å². The second kappa shape index (κ2) is 7.49. The van der Waals surface area contributed by atoms with E-state index in [1.165, 1.54) is 17.2 Å². The minimum absolute atomic E-state index is 0.147. The highest BCUT2D eigenvalue weighted by atomic mass is 79.9. The Bertz CT molecular complexity index is 463. The number of hydrogen-bond acceptors (Lipinski definition) is 1. The SMILES string of the molecule is C=CC(=O)Nc1ccc(Br)c2c1CCC2.CC(C)C. The van der Waals surface area contributed by atoms with E-state index in [9.17, 15) is 4.79 Å². The molecule has 1 aliphatic carbocycles. The normalized spacial score (nSPS) is 12.5. The van der Waals surface area contributed by atoms with Crippen LogP contribution >= 0.6 is 15.9 Å². The molecule has 0 heterocycles.